The number of allylic oxidation sites excluding steroid dienone is 6. The maximum Gasteiger partial charge on any atom is 0.312 e. The van der Waals surface area contributed by atoms with E-state index in [0.717, 1.165) is 38.5 Å². The van der Waals surface area contributed by atoms with Gasteiger partial charge in [-0.25, -0.2) is 0 Å². The van der Waals surface area contributed by atoms with Crippen LogP contribution in [0.5, 0.6) is 0 Å². The second-order valence-electron chi connectivity index (χ2n) is 8.73. The third-order valence-electron chi connectivity index (χ3n) is 5.80. The second kappa shape index (κ2) is 10.1. The summed E-state index contributed by atoms with van der Waals surface area (Å²) >= 11 is 0. The highest BCUT2D eigenvalue weighted by Gasteiger charge is 2.49. The van der Waals surface area contributed by atoms with Crippen LogP contribution in [0.15, 0.2) is 34.9 Å². The van der Waals surface area contributed by atoms with E-state index in [-0.39, 0.29) is 24.6 Å². The van der Waals surface area contributed by atoms with Crippen molar-refractivity contribution in [3.63, 3.8) is 0 Å². The molecular weight excluding hydrogens is 324 g/mol. The molecule has 1 aliphatic carbocycles. The van der Waals surface area contributed by atoms with Gasteiger partial charge in [-0.1, -0.05) is 48.8 Å². The van der Waals surface area contributed by atoms with Gasteiger partial charge < -0.3 is 9.84 Å². The van der Waals surface area contributed by atoms with Crippen molar-refractivity contribution in [2.24, 2.45) is 10.8 Å². The lowest BCUT2D eigenvalue weighted by Crippen LogP contribution is -2.45. The van der Waals surface area contributed by atoms with E-state index in [1.807, 2.05) is 6.92 Å². The van der Waals surface area contributed by atoms with Crippen molar-refractivity contribution in [2.75, 3.05) is 13.2 Å². The van der Waals surface area contributed by atoms with E-state index in [4.69, 9.17) is 9.84 Å². The van der Waals surface area contributed by atoms with Crippen molar-refractivity contribution in [3.05, 3.63) is 34.9 Å². The quantitative estimate of drug-likeness (QED) is 0.420. The van der Waals surface area contributed by atoms with Crippen molar-refractivity contribution >= 4 is 5.97 Å². The molecule has 0 aromatic heterocycles. The van der Waals surface area contributed by atoms with E-state index in [2.05, 4.69) is 52.8 Å². The first-order valence-corrected chi connectivity index (χ1v) is 9.87. The standard InChI is InChI=1S/C23H38O3/c1-18(2)9-7-10-19(3)11-8-12-20-13-14-22(4,5)23(6,17-20)21(25)26-16-15-24/h9,11,13,24H,7-8,10,12,14-17H2,1-6H3/b19-11+/t23-/m0/s1. The number of esters is 1. The molecule has 0 aliphatic heterocycles. The predicted molar refractivity (Wildman–Crippen MR) is 109 cm³/mol. The van der Waals surface area contributed by atoms with E-state index in [0.29, 0.717) is 0 Å². The molecule has 1 N–H and O–H groups in total. The fourth-order valence-corrected chi connectivity index (χ4v) is 3.42. The largest absolute Gasteiger partial charge is 0.463 e. The Bertz CT molecular complexity index is 562. The molecule has 0 saturated carbocycles. The monoisotopic (exact) mass is 362 g/mol. The van der Waals surface area contributed by atoms with E-state index in [1.54, 1.807) is 0 Å². The molecule has 1 rings (SSSR count). The molecule has 3 nitrogen and oxygen atoms in total. The molecule has 0 saturated heterocycles. The normalized spacial score (nSPS) is 22.6. The van der Waals surface area contributed by atoms with Gasteiger partial charge in [0.05, 0.1) is 12.0 Å². The number of carbonyl (C=O) groups excluding carboxylic acids is 1. The SMILES string of the molecule is CC(C)=CCC/C(C)=C/CCC1=CCC(C)(C)[C@](C)(C(=O)OCCO)C1. The molecule has 1 aliphatic rings. The Labute approximate surface area is 160 Å². The van der Waals surface area contributed by atoms with E-state index < -0.39 is 5.41 Å². The fourth-order valence-electron chi connectivity index (χ4n) is 3.42. The van der Waals surface area contributed by atoms with Crippen molar-refractivity contribution in [3.8, 4) is 0 Å². The molecule has 1 atom stereocenters. The highest BCUT2D eigenvalue weighted by Crippen LogP contribution is 2.51. The summed E-state index contributed by atoms with van der Waals surface area (Å²) in [7, 11) is 0. The molecule has 0 aromatic carbocycles. The zero-order valence-corrected chi connectivity index (χ0v) is 17.7. The highest BCUT2D eigenvalue weighted by atomic mass is 16.5. The highest BCUT2D eigenvalue weighted by molar-refractivity contribution is 5.78. The topological polar surface area (TPSA) is 46.5 Å². The summed E-state index contributed by atoms with van der Waals surface area (Å²) in [5.74, 6) is -0.185. The van der Waals surface area contributed by atoms with Crippen LogP contribution in [0.2, 0.25) is 0 Å². The summed E-state index contributed by atoms with van der Waals surface area (Å²) in [5.41, 5.74) is 3.48. The lowest BCUT2D eigenvalue weighted by molar-refractivity contribution is -0.164. The molecule has 0 spiro atoms. The van der Waals surface area contributed by atoms with Crippen molar-refractivity contribution < 1.29 is 14.6 Å². The Morgan fingerprint density at radius 2 is 1.88 bits per heavy atom. The Morgan fingerprint density at radius 3 is 2.50 bits per heavy atom. The van der Waals surface area contributed by atoms with Gasteiger partial charge in [0.25, 0.3) is 0 Å². The zero-order chi connectivity index (χ0) is 19.8. The van der Waals surface area contributed by atoms with Crippen LogP contribution in [0.1, 0.15) is 80.1 Å². The van der Waals surface area contributed by atoms with Crippen LogP contribution in [-0.4, -0.2) is 24.3 Å². The molecule has 0 heterocycles. The molecule has 0 amide bonds. The van der Waals surface area contributed by atoms with E-state index >= 15 is 0 Å². The van der Waals surface area contributed by atoms with Gasteiger partial charge in [0, 0.05) is 0 Å². The van der Waals surface area contributed by atoms with E-state index in [9.17, 15) is 4.79 Å². The summed E-state index contributed by atoms with van der Waals surface area (Å²) in [6, 6.07) is 0. The summed E-state index contributed by atoms with van der Waals surface area (Å²) in [6.45, 7) is 12.7. The Hall–Kier alpha value is -1.35. The molecular formula is C23H38O3. The van der Waals surface area contributed by atoms with Gasteiger partial charge in [-0.15, -0.1) is 0 Å². The van der Waals surface area contributed by atoms with Gasteiger partial charge in [0.1, 0.15) is 6.61 Å². The maximum absolute atomic E-state index is 12.6. The molecule has 0 unspecified atom stereocenters. The minimum absolute atomic E-state index is 0.0805. The van der Waals surface area contributed by atoms with Gasteiger partial charge in [0.2, 0.25) is 0 Å². The summed E-state index contributed by atoms with van der Waals surface area (Å²) < 4.78 is 5.29. The van der Waals surface area contributed by atoms with Crippen LogP contribution >= 0.6 is 0 Å². The third kappa shape index (κ3) is 6.42. The van der Waals surface area contributed by atoms with Crippen molar-refractivity contribution in [1.82, 2.24) is 0 Å². The summed E-state index contributed by atoms with van der Waals surface area (Å²) in [4.78, 5) is 12.6. The lowest BCUT2D eigenvalue weighted by Gasteiger charge is -2.45. The lowest BCUT2D eigenvalue weighted by atomic mass is 9.59. The number of hydrogen-bond donors (Lipinski definition) is 1. The fraction of sp³-hybridized carbons (Fsp3) is 0.696. The maximum atomic E-state index is 12.6. The Balaban J connectivity index is 2.65. The molecule has 0 aromatic rings. The molecule has 3 heteroatoms. The van der Waals surface area contributed by atoms with Crippen molar-refractivity contribution in [1.29, 1.82) is 0 Å². The van der Waals surface area contributed by atoms with Crippen LogP contribution in [0.3, 0.4) is 0 Å². The molecule has 0 bridgehead atoms. The smallest absolute Gasteiger partial charge is 0.312 e. The number of rotatable bonds is 9. The number of ether oxygens (including phenoxy) is 1. The molecule has 148 valence electrons. The van der Waals surface area contributed by atoms with Gasteiger partial charge in [-0.3, -0.25) is 4.79 Å². The first-order chi connectivity index (χ1) is 12.1. The minimum Gasteiger partial charge on any atom is -0.463 e. The van der Waals surface area contributed by atoms with Gasteiger partial charge in [-0.05, 0) is 71.6 Å². The van der Waals surface area contributed by atoms with Crippen LogP contribution in [0.25, 0.3) is 0 Å². The van der Waals surface area contributed by atoms with Gasteiger partial charge in [-0.2, -0.15) is 0 Å². The first kappa shape index (κ1) is 22.7. The molecule has 0 radical (unpaired) electrons. The number of aliphatic hydroxyl groups is 1. The average molecular weight is 363 g/mol. The van der Waals surface area contributed by atoms with E-state index in [1.165, 1.54) is 16.7 Å². The number of carbonyl (C=O) groups is 1. The first-order valence-electron chi connectivity index (χ1n) is 9.87. The number of hydrogen-bond acceptors (Lipinski definition) is 3. The summed E-state index contributed by atoms with van der Waals surface area (Å²) in [6.07, 6.45) is 12.8. The van der Waals surface area contributed by atoms with Crippen LogP contribution < -0.4 is 0 Å². The van der Waals surface area contributed by atoms with Crippen LogP contribution in [0.4, 0.5) is 0 Å². The van der Waals surface area contributed by atoms with Crippen molar-refractivity contribution in [2.45, 2.75) is 80.1 Å². The second-order valence-corrected chi connectivity index (χ2v) is 8.73. The number of aliphatic hydroxyl groups excluding tert-OH is 1. The Morgan fingerprint density at radius 1 is 1.19 bits per heavy atom. The Kier molecular flexibility index (Phi) is 8.82. The van der Waals surface area contributed by atoms with Crippen LogP contribution in [0, 0.1) is 10.8 Å². The third-order valence-corrected chi connectivity index (χ3v) is 5.80. The average Bonchev–Trinajstić information content (AvgIpc) is 2.55. The molecule has 26 heavy (non-hydrogen) atoms. The molecule has 0 fully saturated rings. The minimum atomic E-state index is -0.533. The zero-order valence-electron chi connectivity index (χ0n) is 17.7. The van der Waals surface area contributed by atoms with Gasteiger partial charge in [0.15, 0.2) is 0 Å². The summed E-state index contributed by atoms with van der Waals surface area (Å²) in [5, 5.41) is 8.94. The predicted octanol–water partition coefficient (Wildman–Crippen LogP) is 5.75. The van der Waals surface area contributed by atoms with Crippen LogP contribution in [-0.2, 0) is 9.53 Å². The van der Waals surface area contributed by atoms with Gasteiger partial charge >= 0.3 is 5.97 Å².